The molecule has 26 heavy (non-hydrogen) atoms. The summed E-state index contributed by atoms with van der Waals surface area (Å²) in [5, 5.41) is 0. The number of hydrogen-bond donors (Lipinski definition) is 0. The molecule has 4 rings (SSSR count). The molecule has 0 saturated carbocycles. The third-order valence-electron chi connectivity index (χ3n) is 4.27. The highest BCUT2D eigenvalue weighted by Gasteiger charge is 2.10. The predicted octanol–water partition coefficient (Wildman–Crippen LogP) is 4.46. The Morgan fingerprint density at radius 3 is 2.50 bits per heavy atom. The van der Waals surface area contributed by atoms with Crippen LogP contribution in [0.3, 0.4) is 0 Å². The number of para-hydroxylation sites is 2. The first kappa shape index (κ1) is 16.1. The molecule has 0 aliphatic rings. The zero-order valence-corrected chi connectivity index (χ0v) is 14.5. The van der Waals surface area contributed by atoms with Crippen molar-refractivity contribution in [2.75, 3.05) is 0 Å². The molecule has 4 aromatic rings. The Kier molecular flexibility index (Phi) is 4.75. The van der Waals surface area contributed by atoms with Crippen molar-refractivity contribution in [2.24, 2.45) is 0 Å². The molecule has 2 heterocycles. The topological polar surface area (TPSA) is 30.7 Å². The van der Waals surface area contributed by atoms with Gasteiger partial charge in [0.25, 0.3) is 0 Å². The van der Waals surface area contributed by atoms with E-state index in [4.69, 9.17) is 4.98 Å². The molecule has 0 aliphatic carbocycles. The van der Waals surface area contributed by atoms with Gasteiger partial charge in [-0.05, 0) is 35.7 Å². The number of hydrogen-bond acceptors (Lipinski definition) is 2. The number of imidazole rings is 1. The SMILES string of the molecule is C(#Cc1ccccn1)CCc1nc2ccccc2n1Cc1ccccc1. The van der Waals surface area contributed by atoms with Crippen LogP contribution in [0.2, 0.25) is 0 Å². The number of rotatable bonds is 4. The van der Waals surface area contributed by atoms with Crippen LogP contribution in [0.5, 0.6) is 0 Å². The number of aryl methyl sites for hydroxylation is 1. The lowest BCUT2D eigenvalue weighted by Gasteiger charge is -2.08. The van der Waals surface area contributed by atoms with Crippen LogP contribution in [-0.4, -0.2) is 14.5 Å². The quantitative estimate of drug-likeness (QED) is 0.515. The van der Waals surface area contributed by atoms with Crippen LogP contribution in [0.25, 0.3) is 11.0 Å². The fourth-order valence-electron chi connectivity index (χ4n) is 3.02. The molecule has 0 unspecified atom stereocenters. The van der Waals surface area contributed by atoms with Crippen LogP contribution in [0.15, 0.2) is 79.0 Å². The number of pyridine rings is 1. The molecule has 0 bridgehead atoms. The Hall–Kier alpha value is -3.38. The molecule has 0 amide bonds. The molecule has 3 heteroatoms. The molecule has 0 saturated heterocycles. The fourth-order valence-corrected chi connectivity index (χ4v) is 3.02. The first-order chi connectivity index (χ1) is 12.9. The van der Waals surface area contributed by atoms with E-state index < -0.39 is 0 Å². The van der Waals surface area contributed by atoms with Crippen LogP contribution in [0.4, 0.5) is 0 Å². The predicted molar refractivity (Wildman–Crippen MR) is 105 cm³/mol. The third-order valence-corrected chi connectivity index (χ3v) is 4.27. The molecule has 0 radical (unpaired) electrons. The smallest absolute Gasteiger partial charge is 0.113 e. The number of aromatic nitrogens is 3. The Balaban J connectivity index is 1.58. The molecule has 2 aromatic carbocycles. The van der Waals surface area contributed by atoms with Gasteiger partial charge >= 0.3 is 0 Å². The summed E-state index contributed by atoms with van der Waals surface area (Å²) in [7, 11) is 0. The second kappa shape index (κ2) is 7.67. The monoisotopic (exact) mass is 337 g/mol. The van der Waals surface area contributed by atoms with Gasteiger partial charge < -0.3 is 4.57 Å². The van der Waals surface area contributed by atoms with Crippen LogP contribution >= 0.6 is 0 Å². The van der Waals surface area contributed by atoms with Crippen molar-refractivity contribution in [2.45, 2.75) is 19.4 Å². The second-order valence-corrected chi connectivity index (χ2v) is 6.11. The maximum atomic E-state index is 4.83. The molecule has 2 aromatic heterocycles. The highest BCUT2D eigenvalue weighted by Crippen LogP contribution is 2.19. The summed E-state index contributed by atoms with van der Waals surface area (Å²) in [6.07, 6.45) is 3.35. The third kappa shape index (κ3) is 3.65. The molecule has 0 atom stereocenters. The molecule has 0 aliphatic heterocycles. The molecule has 0 N–H and O–H groups in total. The summed E-state index contributed by atoms with van der Waals surface area (Å²) in [5.74, 6) is 7.41. The minimum absolute atomic E-state index is 0.759. The van der Waals surface area contributed by atoms with Crippen LogP contribution in [0.1, 0.15) is 23.5 Å². The summed E-state index contributed by atoms with van der Waals surface area (Å²) in [6, 6.07) is 24.6. The van der Waals surface area contributed by atoms with Crippen molar-refractivity contribution in [3.63, 3.8) is 0 Å². The summed E-state index contributed by atoms with van der Waals surface area (Å²) < 4.78 is 2.30. The lowest BCUT2D eigenvalue weighted by molar-refractivity contribution is 0.739. The lowest BCUT2D eigenvalue weighted by atomic mass is 10.2. The van der Waals surface area contributed by atoms with Gasteiger partial charge in [0.2, 0.25) is 0 Å². The second-order valence-electron chi connectivity index (χ2n) is 6.11. The van der Waals surface area contributed by atoms with Crippen molar-refractivity contribution in [1.82, 2.24) is 14.5 Å². The summed E-state index contributed by atoms with van der Waals surface area (Å²) >= 11 is 0. The van der Waals surface area contributed by atoms with E-state index in [1.165, 1.54) is 11.1 Å². The number of fused-ring (bicyclic) bond motifs is 1. The van der Waals surface area contributed by atoms with Crippen molar-refractivity contribution >= 4 is 11.0 Å². The zero-order chi connectivity index (χ0) is 17.6. The minimum Gasteiger partial charge on any atom is -0.323 e. The van der Waals surface area contributed by atoms with Crippen molar-refractivity contribution < 1.29 is 0 Å². The molecule has 3 nitrogen and oxygen atoms in total. The maximum Gasteiger partial charge on any atom is 0.113 e. The van der Waals surface area contributed by atoms with Crippen molar-refractivity contribution in [3.8, 4) is 11.8 Å². The highest BCUT2D eigenvalue weighted by atomic mass is 15.1. The standard InChI is InChI=1S/C23H19N3/c1-2-10-19(11-3-1)18-26-22-15-6-5-14-21(22)25-23(26)16-7-4-12-20-13-8-9-17-24-20/h1-3,5-6,8-11,13-15,17H,7,16,18H2. The average Bonchev–Trinajstić information content (AvgIpc) is 3.04. The van der Waals surface area contributed by atoms with Gasteiger partial charge in [-0.2, -0.15) is 0 Å². The first-order valence-corrected chi connectivity index (χ1v) is 8.78. The zero-order valence-electron chi connectivity index (χ0n) is 14.5. The highest BCUT2D eigenvalue weighted by molar-refractivity contribution is 5.76. The van der Waals surface area contributed by atoms with Gasteiger partial charge in [-0.25, -0.2) is 9.97 Å². The van der Waals surface area contributed by atoms with Gasteiger partial charge in [0.1, 0.15) is 11.5 Å². The summed E-state index contributed by atoms with van der Waals surface area (Å²) in [4.78, 5) is 9.07. The van der Waals surface area contributed by atoms with E-state index in [0.717, 1.165) is 36.4 Å². The fraction of sp³-hybridized carbons (Fsp3) is 0.130. The summed E-state index contributed by atoms with van der Waals surface area (Å²) in [6.45, 7) is 0.824. The minimum atomic E-state index is 0.759. The molecule has 0 spiro atoms. The first-order valence-electron chi connectivity index (χ1n) is 8.78. The molecular formula is C23H19N3. The maximum absolute atomic E-state index is 4.83. The summed E-state index contributed by atoms with van der Waals surface area (Å²) in [5.41, 5.74) is 4.29. The van der Waals surface area contributed by atoms with Crippen LogP contribution in [-0.2, 0) is 13.0 Å². The van der Waals surface area contributed by atoms with Gasteiger partial charge in [-0.3, -0.25) is 0 Å². The van der Waals surface area contributed by atoms with Crippen LogP contribution in [0, 0.1) is 11.8 Å². The van der Waals surface area contributed by atoms with Crippen LogP contribution < -0.4 is 0 Å². The largest absolute Gasteiger partial charge is 0.323 e. The lowest BCUT2D eigenvalue weighted by Crippen LogP contribution is -2.05. The van der Waals surface area contributed by atoms with E-state index in [1.807, 2.05) is 30.3 Å². The van der Waals surface area contributed by atoms with Gasteiger partial charge in [0.15, 0.2) is 0 Å². The number of benzene rings is 2. The van der Waals surface area contributed by atoms with Gasteiger partial charge in [-0.15, -0.1) is 0 Å². The Bertz CT molecular complexity index is 1050. The van der Waals surface area contributed by atoms with E-state index in [0.29, 0.717) is 0 Å². The van der Waals surface area contributed by atoms with Gasteiger partial charge in [-0.1, -0.05) is 54.5 Å². The average molecular weight is 337 g/mol. The van der Waals surface area contributed by atoms with E-state index >= 15 is 0 Å². The molecule has 0 fully saturated rings. The van der Waals surface area contributed by atoms with E-state index in [9.17, 15) is 0 Å². The number of nitrogens with zero attached hydrogens (tertiary/aromatic N) is 3. The molecular weight excluding hydrogens is 318 g/mol. The van der Waals surface area contributed by atoms with Crippen molar-refractivity contribution in [3.05, 3.63) is 96.1 Å². The Morgan fingerprint density at radius 1 is 0.846 bits per heavy atom. The van der Waals surface area contributed by atoms with E-state index in [2.05, 4.69) is 63.9 Å². The van der Waals surface area contributed by atoms with E-state index in [-0.39, 0.29) is 0 Å². The van der Waals surface area contributed by atoms with Gasteiger partial charge in [0, 0.05) is 25.6 Å². The Labute approximate surface area is 153 Å². The van der Waals surface area contributed by atoms with Crippen molar-refractivity contribution in [1.29, 1.82) is 0 Å². The molecule has 126 valence electrons. The van der Waals surface area contributed by atoms with Gasteiger partial charge in [0.05, 0.1) is 11.0 Å². The normalized spacial score (nSPS) is 10.5. The van der Waals surface area contributed by atoms with E-state index in [1.54, 1.807) is 6.20 Å². The Morgan fingerprint density at radius 2 is 1.65 bits per heavy atom.